The third kappa shape index (κ3) is 3.51. The van der Waals surface area contributed by atoms with Crippen molar-refractivity contribution in [2.24, 2.45) is 0 Å². The number of nitro groups is 1. The van der Waals surface area contributed by atoms with E-state index in [4.69, 9.17) is 5.73 Å². The molecule has 1 saturated heterocycles. The summed E-state index contributed by atoms with van der Waals surface area (Å²) in [5.41, 5.74) is 5.14. The second kappa shape index (κ2) is 6.26. The number of hydrogen-bond donors (Lipinski definition) is 1. The van der Waals surface area contributed by atoms with Gasteiger partial charge >= 0.3 is 5.69 Å². The maximum Gasteiger partial charge on any atom is 0.304 e. The lowest BCUT2D eigenvalue weighted by atomic mass is 10.4. The average molecular weight is 334 g/mol. The highest BCUT2D eigenvalue weighted by atomic mass is 32.2. The molecule has 118 valence electrons. The topological polar surface area (TPSA) is 110 Å². The number of nitrogens with two attached hydrogens (primary N) is 1. The molecule has 0 unspecified atom stereocenters. The lowest BCUT2D eigenvalue weighted by Gasteiger charge is -2.20. The highest BCUT2D eigenvalue weighted by Gasteiger charge is 2.28. The summed E-state index contributed by atoms with van der Waals surface area (Å²) in [7, 11) is -2.25. The lowest BCUT2D eigenvalue weighted by molar-refractivity contribution is -0.383. The van der Waals surface area contributed by atoms with Crippen molar-refractivity contribution >= 4 is 32.0 Å². The van der Waals surface area contributed by atoms with Crippen molar-refractivity contribution < 1.29 is 13.3 Å². The van der Waals surface area contributed by atoms with Gasteiger partial charge in [0.05, 0.1) is 4.92 Å². The van der Waals surface area contributed by atoms with E-state index in [9.17, 15) is 18.5 Å². The van der Waals surface area contributed by atoms with E-state index in [1.54, 1.807) is 0 Å². The minimum atomic E-state index is -3.73. The zero-order valence-corrected chi connectivity index (χ0v) is 13.3. The Hall–Kier alpha value is -1.23. The molecular formula is C11H18N4O4S2. The molecule has 0 saturated carbocycles. The Kier molecular flexibility index (Phi) is 4.81. The van der Waals surface area contributed by atoms with Crippen molar-refractivity contribution in [3.63, 3.8) is 0 Å². The minimum Gasteiger partial charge on any atom is -0.385 e. The van der Waals surface area contributed by atoms with Gasteiger partial charge in [-0.05, 0) is 25.9 Å². The van der Waals surface area contributed by atoms with Gasteiger partial charge in [0.1, 0.15) is 4.21 Å². The summed E-state index contributed by atoms with van der Waals surface area (Å²) in [6, 6.07) is 1.03. The van der Waals surface area contributed by atoms with Crippen LogP contribution in [0.1, 0.15) is 12.8 Å². The molecule has 0 aliphatic carbocycles. The van der Waals surface area contributed by atoms with Crippen LogP contribution in [0.3, 0.4) is 0 Å². The number of rotatable bonds is 6. The molecule has 1 aliphatic rings. The molecule has 1 aliphatic heterocycles. The first-order chi connectivity index (χ1) is 9.82. The predicted molar refractivity (Wildman–Crippen MR) is 80.9 cm³/mol. The molecule has 21 heavy (non-hydrogen) atoms. The highest BCUT2D eigenvalue weighted by Crippen LogP contribution is 2.35. The first-order valence-corrected chi connectivity index (χ1v) is 8.80. The van der Waals surface area contributed by atoms with E-state index < -0.39 is 14.9 Å². The summed E-state index contributed by atoms with van der Waals surface area (Å²) >= 11 is 0.729. The Labute approximate surface area is 127 Å². The van der Waals surface area contributed by atoms with Crippen molar-refractivity contribution in [3.8, 4) is 0 Å². The van der Waals surface area contributed by atoms with E-state index in [0.717, 1.165) is 43.3 Å². The van der Waals surface area contributed by atoms with Crippen LogP contribution in [-0.4, -0.2) is 55.8 Å². The van der Waals surface area contributed by atoms with Crippen molar-refractivity contribution in [2.45, 2.75) is 17.1 Å². The largest absolute Gasteiger partial charge is 0.385 e. The van der Waals surface area contributed by atoms with Gasteiger partial charge in [-0.3, -0.25) is 10.1 Å². The lowest BCUT2D eigenvalue weighted by Crippen LogP contribution is -2.34. The normalized spacial score (nSPS) is 16.7. The average Bonchev–Trinajstić information content (AvgIpc) is 3.04. The Morgan fingerprint density at radius 3 is 2.62 bits per heavy atom. The first kappa shape index (κ1) is 16.1. The molecule has 0 radical (unpaired) electrons. The van der Waals surface area contributed by atoms with Gasteiger partial charge in [0.25, 0.3) is 10.0 Å². The highest BCUT2D eigenvalue weighted by molar-refractivity contribution is 7.91. The fraction of sp³-hybridized carbons (Fsp3) is 0.636. The van der Waals surface area contributed by atoms with E-state index in [-0.39, 0.29) is 14.9 Å². The van der Waals surface area contributed by atoms with Gasteiger partial charge < -0.3 is 10.6 Å². The van der Waals surface area contributed by atoms with Crippen LogP contribution in [0.5, 0.6) is 0 Å². The molecule has 10 heteroatoms. The first-order valence-electron chi connectivity index (χ1n) is 6.55. The molecule has 1 aromatic heterocycles. The van der Waals surface area contributed by atoms with Crippen LogP contribution < -0.4 is 5.73 Å². The molecule has 2 N–H and O–H groups in total. The molecule has 2 rings (SSSR count). The fourth-order valence-corrected chi connectivity index (χ4v) is 4.79. The summed E-state index contributed by atoms with van der Waals surface area (Å²) in [5, 5.41) is 10.7. The molecule has 0 atom stereocenters. The third-order valence-electron chi connectivity index (χ3n) is 3.51. The Balaban J connectivity index is 2.09. The molecule has 0 bridgehead atoms. The van der Waals surface area contributed by atoms with Crippen molar-refractivity contribution in [1.29, 1.82) is 0 Å². The van der Waals surface area contributed by atoms with Crippen LogP contribution in [0.15, 0.2) is 10.3 Å². The minimum absolute atomic E-state index is 0.0874. The van der Waals surface area contributed by atoms with Crippen LogP contribution in [0.25, 0.3) is 0 Å². The van der Waals surface area contributed by atoms with Gasteiger partial charge in [-0.25, -0.2) is 8.42 Å². The number of hydrogen-bond acceptors (Lipinski definition) is 7. The molecule has 8 nitrogen and oxygen atoms in total. The second-order valence-corrected chi connectivity index (χ2v) is 8.30. The number of nitrogen functional groups attached to an aromatic ring is 1. The zero-order valence-electron chi connectivity index (χ0n) is 11.7. The molecule has 0 amide bonds. The smallest absolute Gasteiger partial charge is 0.304 e. The summed E-state index contributed by atoms with van der Waals surface area (Å²) in [5.74, 6) is 0. The predicted octanol–water partition coefficient (Wildman–Crippen LogP) is 0.955. The zero-order chi connectivity index (χ0) is 15.6. The van der Waals surface area contributed by atoms with E-state index in [2.05, 4.69) is 4.90 Å². The van der Waals surface area contributed by atoms with E-state index >= 15 is 0 Å². The van der Waals surface area contributed by atoms with E-state index in [1.165, 1.54) is 11.4 Å². The molecule has 1 aromatic rings. The Morgan fingerprint density at radius 2 is 2.10 bits per heavy atom. The van der Waals surface area contributed by atoms with Gasteiger partial charge in [0.15, 0.2) is 5.00 Å². The number of likely N-dealkylation sites (N-methyl/N-ethyl adjacent to an activating group) is 1. The van der Waals surface area contributed by atoms with E-state index in [1.807, 2.05) is 0 Å². The van der Waals surface area contributed by atoms with Gasteiger partial charge in [0.2, 0.25) is 0 Å². The molecule has 0 spiro atoms. The van der Waals surface area contributed by atoms with Crippen LogP contribution in [0, 0.1) is 10.1 Å². The molecule has 2 heterocycles. The van der Waals surface area contributed by atoms with Gasteiger partial charge in [-0.15, -0.1) is 0 Å². The Morgan fingerprint density at radius 1 is 1.48 bits per heavy atom. The fourth-order valence-electron chi connectivity index (χ4n) is 2.20. The second-order valence-electron chi connectivity index (χ2n) is 4.95. The maximum atomic E-state index is 12.4. The number of sulfonamides is 1. The summed E-state index contributed by atoms with van der Waals surface area (Å²) < 4.78 is 25.9. The maximum absolute atomic E-state index is 12.4. The quantitative estimate of drug-likeness (QED) is 0.613. The van der Waals surface area contributed by atoms with Gasteiger partial charge in [0, 0.05) is 26.2 Å². The number of likely N-dealkylation sites (tertiary alicyclic amines) is 1. The summed E-state index contributed by atoms with van der Waals surface area (Å²) in [6.07, 6.45) is 2.29. The van der Waals surface area contributed by atoms with Crippen LogP contribution in [0.2, 0.25) is 0 Å². The number of anilines is 1. The monoisotopic (exact) mass is 334 g/mol. The molecule has 1 fully saturated rings. The molecule has 0 aromatic carbocycles. The van der Waals surface area contributed by atoms with Crippen LogP contribution in [-0.2, 0) is 10.0 Å². The van der Waals surface area contributed by atoms with Crippen LogP contribution in [0.4, 0.5) is 10.7 Å². The van der Waals surface area contributed by atoms with Crippen molar-refractivity contribution in [1.82, 2.24) is 9.21 Å². The third-order valence-corrected chi connectivity index (χ3v) is 6.77. The standard InChI is InChI=1S/C11H18N4O4S2/c1-13(6-7-14-4-2-3-5-14)21(18,19)10-8-9(15(16)17)11(12)20-10/h8H,2-7,12H2,1H3. The van der Waals surface area contributed by atoms with Crippen LogP contribution >= 0.6 is 11.3 Å². The SMILES string of the molecule is CN(CCN1CCCC1)S(=O)(=O)c1cc([N+](=O)[O-])c(N)s1. The van der Waals surface area contributed by atoms with Crippen molar-refractivity contribution in [2.75, 3.05) is 39.0 Å². The summed E-state index contributed by atoms with van der Waals surface area (Å²) in [4.78, 5) is 12.3. The summed E-state index contributed by atoms with van der Waals surface area (Å²) in [6.45, 7) is 3.00. The number of thiophene rings is 1. The van der Waals surface area contributed by atoms with Gasteiger partial charge in [-0.2, -0.15) is 4.31 Å². The molecular weight excluding hydrogens is 316 g/mol. The number of nitrogens with zero attached hydrogens (tertiary/aromatic N) is 3. The van der Waals surface area contributed by atoms with Gasteiger partial charge in [-0.1, -0.05) is 11.3 Å². The van der Waals surface area contributed by atoms with E-state index in [0.29, 0.717) is 13.1 Å². The Bertz CT molecular complexity index is 622. The van der Waals surface area contributed by atoms with Crippen molar-refractivity contribution in [3.05, 3.63) is 16.2 Å².